The van der Waals surface area contributed by atoms with E-state index in [0.717, 1.165) is 69.3 Å². The molecule has 43 heavy (non-hydrogen) atoms. The molecule has 2 N–H and O–H groups in total. The number of fused-ring (bicyclic) bond motifs is 3. The highest BCUT2D eigenvalue weighted by atomic mass is 35.5. The number of allylic oxidation sites excluding steroid dienone is 1. The summed E-state index contributed by atoms with van der Waals surface area (Å²) in [6.07, 6.45) is 10.6. The summed E-state index contributed by atoms with van der Waals surface area (Å²) in [7, 11) is -3.94. The summed E-state index contributed by atoms with van der Waals surface area (Å²) in [6, 6.07) is 11.1. The molecule has 1 amide bonds. The Morgan fingerprint density at radius 3 is 2.72 bits per heavy atom. The number of carbonyl (C=O) groups excluding carboxylic acids is 1. The van der Waals surface area contributed by atoms with Gasteiger partial charge in [-0.1, -0.05) is 56.5 Å². The molecule has 2 bridgehead atoms. The number of unbranched alkanes of at least 4 members (excludes halogenated alkanes) is 1. The zero-order chi connectivity index (χ0) is 30.6. The van der Waals surface area contributed by atoms with E-state index in [-0.39, 0.29) is 17.4 Å². The lowest BCUT2D eigenvalue weighted by molar-refractivity contribution is 0.0461. The number of hydrogen-bond acceptors (Lipinski definition) is 6. The van der Waals surface area contributed by atoms with E-state index in [0.29, 0.717) is 36.1 Å². The number of sulfonamides is 1. The number of amides is 1. The minimum atomic E-state index is -3.94. The monoisotopic (exact) mass is 628 g/mol. The number of aryl methyl sites for hydroxylation is 1. The maximum absolute atomic E-state index is 13.6. The van der Waals surface area contributed by atoms with Crippen molar-refractivity contribution in [1.29, 1.82) is 0 Å². The van der Waals surface area contributed by atoms with E-state index in [1.54, 1.807) is 18.2 Å². The van der Waals surface area contributed by atoms with Crippen LogP contribution < -0.4 is 14.4 Å². The highest BCUT2D eigenvalue weighted by Crippen LogP contribution is 2.41. The summed E-state index contributed by atoms with van der Waals surface area (Å²) in [5.74, 6) is 0.257. The number of hydrogen-bond donors (Lipinski definition) is 2. The zero-order valence-corrected chi connectivity index (χ0v) is 26.9. The molecular weight excluding hydrogens is 584 g/mol. The molecule has 3 aliphatic rings. The van der Waals surface area contributed by atoms with Gasteiger partial charge < -0.3 is 14.7 Å². The van der Waals surface area contributed by atoms with Crippen molar-refractivity contribution in [3.63, 3.8) is 0 Å². The highest BCUT2D eigenvalue weighted by Gasteiger charge is 2.37. The Balaban J connectivity index is 1.53. The van der Waals surface area contributed by atoms with Crippen LogP contribution >= 0.6 is 11.6 Å². The average molecular weight is 629 g/mol. The first kappa shape index (κ1) is 31.9. The van der Waals surface area contributed by atoms with Crippen LogP contribution in [0.25, 0.3) is 0 Å². The second-order valence-electron chi connectivity index (χ2n) is 12.6. The van der Waals surface area contributed by atoms with Crippen LogP contribution in [0.3, 0.4) is 0 Å². The van der Waals surface area contributed by atoms with Crippen LogP contribution in [0.4, 0.5) is 5.69 Å². The normalized spacial score (nSPS) is 28.6. The van der Waals surface area contributed by atoms with Crippen molar-refractivity contribution in [2.24, 2.45) is 17.8 Å². The summed E-state index contributed by atoms with van der Waals surface area (Å²) in [6.45, 7) is 5.78. The SMILES string of the molecule is CCCCC1[C@@H](C)C/C=C/[C@H](O)[C@@H]2CC[C@H]2CN2CCCCc3cc(Cl)ccc3COc3ccc(cc32)C(=O)NS1(=O)=O. The van der Waals surface area contributed by atoms with Gasteiger partial charge in [-0.15, -0.1) is 0 Å². The lowest BCUT2D eigenvalue weighted by Gasteiger charge is -2.42. The summed E-state index contributed by atoms with van der Waals surface area (Å²) < 4.78 is 36.0. The van der Waals surface area contributed by atoms with Crippen molar-refractivity contribution in [3.8, 4) is 5.75 Å². The summed E-state index contributed by atoms with van der Waals surface area (Å²) >= 11 is 6.32. The van der Waals surface area contributed by atoms with Gasteiger partial charge in [-0.3, -0.25) is 4.79 Å². The Labute approximate surface area is 261 Å². The van der Waals surface area contributed by atoms with Crippen LogP contribution in [-0.2, 0) is 23.1 Å². The summed E-state index contributed by atoms with van der Waals surface area (Å²) in [5.41, 5.74) is 3.32. The van der Waals surface area contributed by atoms with Gasteiger partial charge in [0, 0.05) is 23.7 Å². The molecule has 2 aliphatic heterocycles. The standard InChI is InChI=1S/C34H45ClN2O5S/c1-3-4-11-33-23(2)8-7-10-31(38)29-16-13-26(29)21-37-18-6-5-9-24-19-28(35)15-12-27(24)22-42-32-17-14-25(20-30(32)37)34(39)36-43(33,40)41/h7,10,12,14-15,17,19-20,23,26,29,31,33,38H,3-6,8-9,11,13,16,18,21-22H2,1-2H3,(H,36,39)/b10-7+/t23-,26-,29+,31-,33?/m0/s1. The molecule has 0 aromatic heterocycles. The largest absolute Gasteiger partial charge is 0.487 e. The molecular formula is C34H45ClN2O5S. The van der Waals surface area contributed by atoms with Crippen LogP contribution in [0.1, 0.15) is 86.7 Å². The van der Waals surface area contributed by atoms with E-state index in [9.17, 15) is 18.3 Å². The van der Waals surface area contributed by atoms with E-state index in [1.807, 2.05) is 44.2 Å². The van der Waals surface area contributed by atoms with Crippen LogP contribution in [0, 0.1) is 17.8 Å². The fourth-order valence-corrected chi connectivity index (χ4v) is 8.70. The van der Waals surface area contributed by atoms with Gasteiger partial charge in [0.2, 0.25) is 10.0 Å². The van der Waals surface area contributed by atoms with Gasteiger partial charge in [-0.25, -0.2) is 13.1 Å². The first-order valence-corrected chi connectivity index (χ1v) is 17.8. The minimum absolute atomic E-state index is 0.138. The number of halogens is 1. The molecule has 1 aliphatic carbocycles. The van der Waals surface area contributed by atoms with E-state index in [4.69, 9.17) is 16.3 Å². The van der Waals surface area contributed by atoms with Gasteiger partial charge >= 0.3 is 0 Å². The Morgan fingerprint density at radius 1 is 1.12 bits per heavy atom. The van der Waals surface area contributed by atoms with Crippen molar-refractivity contribution >= 4 is 33.2 Å². The maximum atomic E-state index is 13.6. The second kappa shape index (κ2) is 14.0. The third kappa shape index (κ3) is 7.58. The molecule has 2 aromatic carbocycles. The number of aliphatic hydroxyl groups excluding tert-OH is 1. The first-order valence-electron chi connectivity index (χ1n) is 15.9. The second-order valence-corrected chi connectivity index (χ2v) is 14.9. The topological polar surface area (TPSA) is 95.9 Å². The highest BCUT2D eigenvalue weighted by molar-refractivity contribution is 7.90. The molecule has 5 atom stereocenters. The van der Waals surface area contributed by atoms with Gasteiger partial charge in [0.15, 0.2) is 0 Å². The number of anilines is 1. The summed E-state index contributed by atoms with van der Waals surface area (Å²) in [5, 5.41) is 11.1. The molecule has 234 valence electrons. The van der Waals surface area contributed by atoms with E-state index in [1.165, 1.54) is 5.56 Å². The third-order valence-corrected chi connectivity index (χ3v) is 11.8. The molecule has 2 heterocycles. The summed E-state index contributed by atoms with van der Waals surface area (Å²) in [4.78, 5) is 15.8. The van der Waals surface area contributed by atoms with E-state index < -0.39 is 27.3 Å². The maximum Gasteiger partial charge on any atom is 0.264 e. The van der Waals surface area contributed by atoms with Crippen molar-refractivity contribution in [2.45, 2.75) is 89.6 Å². The van der Waals surface area contributed by atoms with Gasteiger partial charge in [0.1, 0.15) is 12.4 Å². The first-order chi connectivity index (χ1) is 20.7. The molecule has 9 heteroatoms. The Kier molecular flexibility index (Phi) is 10.4. The van der Waals surface area contributed by atoms with Gasteiger partial charge in [-0.05, 0) is 104 Å². The molecule has 1 saturated carbocycles. The van der Waals surface area contributed by atoms with Crippen LogP contribution in [0.2, 0.25) is 5.02 Å². The van der Waals surface area contributed by atoms with E-state index in [2.05, 4.69) is 9.62 Å². The smallest absolute Gasteiger partial charge is 0.264 e. The number of aliphatic hydroxyl groups is 1. The number of rotatable bonds is 3. The predicted molar refractivity (Wildman–Crippen MR) is 172 cm³/mol. The third-order valence-electron chi connectivity index (χ3n) is 9.56. The minimum Gasteiger partial charge on any atom is -0.487 e. The molecule has 0 radical (unpaired) electrons. The van der Waals surface area contributed by atoms with Crippen LogP contribution in [0.15, 0.2) is 48.6 Å². The molecule has 0 saturated heterocycles. The number of nitrogens with one attached hydrogen (secondary N) is 1. The average Bonchev–Trinajstić information content (AvgIpc) is 2.97. The Hall–Kier alpha value is -2.55. The quantitative estimate of drug-likeness (QED) is 0.369. The molecule has 5 rings (SSSR count). The number of ether oxygens (including phenoxy) is 1. The number of carbonyl (C=O) groups is 1. The molecule has 2 aromatic rings. The lowest BCUT2D eigenvalue weighted by atomic mass is 9.70. The molecule has 0 spiro atoms. The lowest BCUT2D eigenvalue weighted by Crippen LogP contribution is -2.43. The fraction of sp³-hybridized carbons (Fsp3) is 0.559. The van der Waals surface area contributed by atoms with Crippen LogP contribution in [-0.4, -0.2) is 43.9 Å². The van der Waals surface area contributed by atoms with Crippen molar-refractivity contribution in [1.82, 2.24) is 4.72 Å². The molecule has 7 nitrogen and oxygen atoms in total. The van der Waals surface area contributed by atoms with Crippen molar-refractivity contribution in [2.75, 3.05) is 18.0 Å². The Bertz CT molecular complexity index is 1430. The van der Waals surface area contributed by atoms with Crippen molar-refractivity contribution < 1.29 is 23.1 Å². The zero-order valence-electron chi connectivity index (χ0n) is 25.3. The Morgan fingerprint density at radius 2 is 1.95 bits per heavy atom. The van der Waals surface area contributed by atoms with E-state index >= 15 is 0 Å². The van der Waals surface area contributed by atoms with Gasteiger partial charge in [-0.2, -0.15) is 0 Å². The van der Waals surface area contributed by atoms with Crippen molar-refractivity contribution in [3.05, 3.63) is 70.3 Å². The predicted octanol–water partition coefficient (Wildman–Crippen LogP) is 6.66. The number of benzene rings is 2. The van der Waals surface area contributed by atoms with Crippen LogP contribution in [0.5, 0.6) is 5.75 Å². The van der Waals surface area contributed by atoms with Gasteiger partial charge in [0.25, 0.3) is 5.91 Å². The molecule has 1 fully saturated rings. The van der Waals surface area contributed by atoms with Gasteiger partial charge in [0.05, 0.1) is 17.0 Å². The number of nitrogens with zero attached hydrogens (tertiary/aromatic N) is 1. The fourth-order valence-electron chi connectivity index (χ4n) is 6.78. The molecule has 1 unspecified atom stereocenters.